The standard InChI is InChI=1S/C17H18N4O3/c1-10-14(11(2)20(3)19-10)8-18-15(22)9-21-16(23)12-6-4-5-7-13(12)17(21)24/h4-7H,8-9H2,1-3H3,(H,18,22). The number of amides is 3. The molecule has 2 heterocycles. The number of hydrogen-bond acceptors (Lipinski definition) is 4. The molecule has 7 nitrogen and oxygen atoms in total. The molecule has 0 saturated heterocycles. The predicted octanol–water partition coefficient (Wildman–Crippen LogP) is 0.949. The minimum atomic E-state index is -0.431. The van der Waals surface area contributed by atoms with Crippen molar-refractivity contribution >= 4 is 17.7 Å². The van der Waals surface area contributed by atoms with Crippen LogP contribution in [0.4, 0.5) is 0 Å². The van der Waals surface area contributed by atoms with E-state index in [-0.39, 0.29) is 12.5 Å². The molecular formula is C17H18N4O3. The normalized spacial score (nSPS) is 13.4. The van der Waals surface area contributed by atoms with Gasteiger partial charge in [0, 0.05) is 24.8 Å². The summed E-state index contributed by atoms with van der Waals surface area (Å²) >= 11 is 0. The summed E-state index contributed by atoms with van der Waals surface area (Å²) in [6, 6.07) is 6.58. The van der Waals surface area contributed by atoms with Gasteiger partial charge in [0.15, 0.2) is 0 Å². The SMILES string of the molecule is Cc1nn(C)c(C)c1CNC(=O)CN1C(=O)c2ccccc2C1=O. The molecule has 1 aliphatic rings. The van der Waals surface area contributed by atoms with Crippen molar-refractivity contribution in [3.63, 3.8) is 0 Å². The van der Waals surface area contributed by atoms with Gasteiger partial charge >= 0.3 is 0 Å². The Labute approximate surface area is 139 Å². The molecule has 3 amide bonds. The van der Waals surface area contributed by atoms with Crippen LogP contribution in [0.15, 0.2) is 24.3 Å². The quantitative estimate of drug-likeness (QED) is 0.848. The second-order valence-electron chi connectivity index (χ2n) is 5.79. The highest BCUT2D eigenvalue weighted by molar-refractivity contribution is 6.22. The summed E-state index contributed by atoms with van der Waals surface area (Å²) in [6.45, 7) is 3.82. The number of hydrogen-bond donors (Lipinski definition) is 1. The molecule has 24 heavy (non-hydrogen) atoms. The van der Waals surface area contributed by atoms with E-state index in [2.05, 4.69) is 10.4 Å². The number of carbonyl (C=O) groups excluding carboxylic acids is 3. The van der Waals surface area contributed by atoms with Gasteiger partial charge in [-0.2, -0.15) is 5.10 Å². The first kappa shape index (κ1) is 15.9. The zero-order valence-corrected chi connectivity index (χ0v) is 13.8. The molecule has 7 heteroatoms. The molecule has 0 fully saturated rings. The van der Waals surface area contributed by atoms with Gasteiger partial charge in [-0.1, -0.05) is 12.1 Å². The number of rotatable bonds is 4. The number of nitrogens with one attached hydrogen (secondary N) is 1. The summed E-state index contributed by atoms with van der Waals surface area (Å²) in [5.41, 5.74) is 3.43. The molecule has 0 aliphatic carbocycles. The van der Waals surface area contributed by atoms with Crippen molar-refractivity contribution in [3.8, 4) is 0 Å². The third kappa shape index (κ3) is 2.58. The van der Waals surface area contributed by atoms with Crippen LogP contribution >= 0.6 is 0 Å². The van der Waals surface area contributed by atoms with Gasteiger partial charge in [0.25, 0.3) is 11.8 Å². The van der Waals surface area contributed by atoms with Crippen LogP contribution in [0.25, 0.3) is 0 Å². The lowest BCUT2D eigenvalue weighted by Gasteiger charge is -2.13. The van der Waals surface area contributed by atoms with Gasteiger partial charge in [0.1, 0.15) is 6.54 Å². The van der Waals surface area contributed by atoms with E-state index in [9.17, 15) is 14.4 Å². The molecule has 1 aliphatic heterocycles. The van der Waals surface area contributed by atoms with E-state index in [1.165, 1.54) is 0 Å². The molecule has 1 aromatic carbocycles. The van der Waals surface area contributed by atoms with Crippen molar-refractivity contribution in [2.75, 3.05) is 6.54 Å². The number of benzene rings is 1. The molecule has 3 rings (SSSR count). The van der Waals surface area contributed by atoms with E-state index >= 15 is 0 Å². The molecule has 0 spiro atoms. The second kappa shape index (κ2) is 5.92. The van der Waals surface area contributed by atoms with Crippen LogP contribution in [0.1, 0.15) is 37.7 Å². The van der Waals surface area contributed by atoms with Gasteiger partial charge in [-0.15, -0.1) is 0 Å². The number of nitrogens with zero attached hydrogens (tertiary/aromatic N) is 3. The van der Waals surface area contributed by atoms with Gasteiger partial charge < -0.3 is 5.32 Å². The Kier molecular flexibility index (Phi) is 3.92. The molecule has 0 saturated carbocycles. The summed E-state index contributed by atoms with van der Waals surface area (Å²) in [5.74, 6) is -1.24. The zero-order valence-electron chi connectivity index (χ0n) is 13.8. The predicted molar refractivity (Wildman–Crippen MR) is 86.3 cm³/mol. The molecule has 124 valence electrons. The van der Waals surface area contributed by atoms with E-state index in [4.69, 9.17) is 0 Å². The Balaban J connectivity index is 1.66. The first-order valence-corrected chi connectivity index (χ1v) is 7.61. The molecule has 0 atom stereocenters. The molecule has 0 bridgehead atoms. The Morgan fingerprint density at radius 2 is 1.71 bits per heavy atom. The number of aromatic nitrogens is 2. The van der Waals surface area contributed by atoms with Gasteiger partial charge in [-0.3, -0.25) is 24.0 Å². The maximum atomic E-state index is 12.2. The minimum absolute atomic E-state index is 0.287. The van der Waals surface area contributed by atoms with E-state index in [1.807, 2.05) is 20.9 Å². The lowest BCUT2D eigenvalue weighted by Crippen LogP contribution is -2.40. The maximum Gasteiger partial charge on any atom is 0.262 e. The average Bonchev–Trinajstić information content (AvgIpc) is 2.94. The molecule has 1 aromatic heterocycles. The number of carbonyl (C=O) groups is 3. The highest BCUT2D eigenvalue weighted by atomic mass is 16.2. The Hall–Kier alpha value is -2.96. The topological polar surface area (TPSA) is 84.3 Å². The maximum absolute atomic E-state index is 12.2. The average molecular weight is 326 g/mol. The lowest BCUT2D eigenvalue weighted by molar-refractivity contribution is -0.121. The fraction of sp³-hybridized carbons (Fsp3) is 0.294. The summed E-state index contributed by atoms with van der Waals surface area (Å²) in [7, 11) is 1.84. The van der Waals surface area contributed by atoms with Crippen molar-refractivity contribution in [2.45, 2.75) is 20.4 Å². The number of fused-ring (bicyclic) bond motifs is 1. The summed E-state index contributed by atoms with van der Waals surface area (Å²) < 4.78 is 1.75. The van der Waals surface area contributed by atoms with Crippen LogP contribution in [0, 0.1) is 13.8 Å². The summed E-state index contributed by atoms with van der Waals surface area (Å²) in [6.07, 6.45) is 0. The van der Waals surface area contributed by atoms with E-state index < -0.39 is 11.8 Å². The van der Waals surface area contributed by atoms with Crippen LogP contribution in [0.2, 0.25) is 0 Å². The second-order valence-corrected chi connectivity index (χ2v) is 5.79. The molecule has 1 N–H and O–H groups in total. The molecular weight excluding hydrogens is 308 g/mol. The number of imide groups is 1. The van der Waals surface area contributed by atoms with Gasteiger partial charge in [0.05, 0.1) is 16.8 Å². The van der Waals surface area contributed by atoms with Gasteiger partial charge in [0.2, 0.25) is 5.91 Å². The van der Waals surface area contributed by atoms with Crippen molar-refractivity contribution < 1.29 is 14.4 Å². The van der Waals surface area contributed by atoms with E-state index in [1.54, 1.807) is 28.9 Å². The Morgan fingerprint density at radius 1 is 1.12 bits per heavy atom. The van der Waals surface area contributed by atoms with Crippen molar-refractivity contribution in [1.82, 2.24) is 20.0 Å². The molecule has 0 unspecified atom stereocenters. The van der Waals surface area contributed by atoms with E-state index in [0.717, 1.165) is 21.9 Å². The van der Waals surface area contributed by atoms with Crippen molar-refractivity contribution in [2.24, 2.45) is 7.05 Å². The third-order valence-electron chi connectivity index (χ3n) is 4.30. The van der Waals surface area contributed by atoms with Gasteiger partial charge in [-0.25, -0.2) is 0 Å². The monoisotopic (exact) mass is 326 g/mol. The van der Waals surface area contributed by atoms with Crippen LogP contribution in [0.5, 0.6) is 0 Å². The largest absolute Gasteiger partial charge is 0.350 e. The van der Waals surface area contributed by atoms with Crippen LogP contribution < -0.4 is 5.32 Å². The highest BCUT2D eigenvalue weighted by Gasteiger charge is 2.36. The minimum Gasteiger partial charge on any atom is -0.350 e. The van der Waals surface area contributed by atoms with Crippen LogP contribution in [-0.4, -0.2) is 38.9 Å². The molecule has 0 radical (unpaired) electrons. The zero-order chi connectivity index (χ0) is 17.4. The first-order chi connectivity index (χ1) is 11.4. The lowest BCUT2D eigenvalue weighted by atomic mass is 10.1. The summed E-state index contributed by atoms with van der Waals surface area (Å²) in [4.78, 5) is 37.6. The van der Waals surface area contributed by atoms with Crippen molar-refractivity contribution in [3.05, 3.63) is 52.3 Å². The van der Waals surface area contributed by atoms with Crippen LogP contribution in [0.3, 0.4) is 0 Å². The third-order valence-corrected chi connectivity index (χ3v) is 4.30. The van der Waals surface area contributed by atoms with Crippen LogP contribution in [-0.2, 0) is 18.4 Å². The Bertz CT molecular complexity index is 819. The first-order valence-electron chi connectivity index (χ1n) is 7.61. The fourth-order valence-corrected chi connectivity index (χ4v) is 2.84. The van der Waals surface area contributed by atoms with E-state index in [0.29, 0.717) is 17.7 Å². The van der Waals surface area contributed by atoms with Gasteiger partial charge in [-0.05, 0) is 26.0 Å². The smallest absolute Gasteiger partial charge is 0.262 e. The highest BCUT2D eigenvalue weighted by Crippen LogP contribution is 2.22. The molecule has 2 aromatic rings. The van der Waals surface area contributed by atoms with Crippen molar-refractivity contribution in [1.29, 1.82) is 0 Å². The summed E-state index contributed by atoms with van der Waals surface area (Å²) in [5, 5.41) is 7.04. The number of aryl methyl sites for hydroxylation is 2. The Morgan fingerprint density at radius 3 is 2.21 bits per heavy atom. The fourth-order valence-electron chi connectivity index (χ4n) is 2.84.